The highest BCUT2D eigenvalue weighted by molar-refractivity contribution is 5.88. The topological polar surface area (TPSA) is 82.3 Å². The Labute approximate surface area is 176 Å². The van der Waals surface area contributed by atoms with Crippen LogP contribution < -0.4 is 4.74 Å². The maximum Gasteiger partial charge on any atom is 0.120 e. The quantitative estimate of drug-likeness (QED) is 0.678. The third-order valence-electron chi connectivity index (χ3n) is 5.87. The molecular weight excluding hydrogens is 376 g/mol. The fraction of sp³-hybridized carbons (Fsp3) is 0.375. The van der Waals surface area contributed by atoms with Crippen molar-refractivity contribution in [3.63, 3.8) is 0 Å². The molecule has 4 rings (SSSR count). The van der Waals surface area contributed by atoms with Crippen LogP contribution in [0.25, 0.3) is 21.9 Å². The number of ether oxygens (including phenoxy) is 1. The van der Waals surface area contributed by atoms with Crippen molar-refractivity contribution in [2.24, 2.45) is 5.41 Å². The van der Waals surface area contributed by atoms with Crippen LogP contribution in [0.4, 0.5) is 0 Å². The first kappa shape index (κ1) is 20.3. The Bertz CT molecular complexity index is 1040. The number of fused-ring (bicyclic) bond motifs is 1. The minimum absolute atomic E-state index is 0.225. The molecule has 6 nitrogen and oxygen atoms in total. The van der Waals surface area contributed by atoms with Crippen LogP contribution in [0.2, 0.25) is 0 Å². The number of hydrogen-bond acceptors (Lipinski definition) is 6. The molecule has 0 radical (unpaired) electrons. The summed E-state index contributed by atoms with van der Waals surface area (Å²) in [6.07, 6.45) is 4.57. The molecule has 0 bridgehead atoms. The van der Waals surface area contributed by atoms with E-state index in [2.05, 4.69) is 39.4 Å². The largest absolute Gasteiger partial charge is 0.491 e. The molecule has 1 aromatic heterocycles. The molecule has 0 saturated carbocycles. The zero-order chi connectivity index (χ0) is 21.0. The van der Waals surface area contributed by atoms with Gasteiger partial charge in [-0.25, -0.2) is 0 Å². The average molecular weight is 402 g/mol. The van der Waals surface area contributed by atoms with Crippen molar-refractivity contribution >= 4 is 10.8 Å². The van der Waals surface area contributed by atoms with Crippen LogP contribution >= 0.6 is 0 Å². The molecule has 0 amide bonds. The molecule has 0 spiro atoms. The maximum absolute atomic E-state index is 10.4. The second kappa shape index (κ2) is 8.78. The Balaban J connectivity index is 1.33. The summed E-state index contributed by atoms with van der Waals surface area (Å²) in [6, 6.07) is 16.6. The van der Waals surface area contributed by atoms with Gasteiger partial charge in [-0.1, -0.05) is 18.2 Å². The van der Waals surface area contributed by atoms with Gasteiger partial charge < -0.3 is 14.7 Å². The molecule has 1 atom stereocenters. The van der Waals surface area contributed by atoms with E-state index in [1.165, 1.54) is 0 Å². The van der Waals surface area contributed by atoms with E-state index in [4.69, 9.17) is 4.74 Å². The number of likely N-dealkylation sites (tertiary alicyclic amines) is 1. The fourth-order valence-corrected chi connectivity index (χ4v) is 3.84. The molecule has 154 valence electrons. The summed E-state index contributed by atoms with van der Waals surface area (Å²) in [5, 5.41) is 29.6. The number of aliphatic hydroxyl groups excluding tert-OH is 1. The van der Waals surface area contributed by atoms with Crippen LogP contribution in [0.15, 0.2) is 54.9 Å². The van der Waals surface area contributed by atoms with Gasteiger partial charge >= 0.3 is 0 Å². The first-order valence-corrected chi connectivity index (χ1v) is 10.3. The lowest BCUT2D eigenvalue weighted by molar-refractivity contribution is 0.0497. The van der Waals surface area contributed by atoms with Gasteiger partial charge in [-0.2, -0.15) is 15.5 Å². The van der Waals surface area contributed by atoms with Crippen molar-refractivity contribution in [1.29, 1.82) is 5.26 Å². The van der Waals surface area contributed by atoms with E-state index in [1.807, 2.05) is 31.2 Å². The van der Waals surface area contributed by atoms with E-state index >= 15 is 0 Å². The molecule has 3 aromatic rings. The summed E-state index contributed by atoms with van der Waals surface area (Å²) < 4.78 is 5.85. The SMILES string of the molecule is CC1(C#N)CCN(CC(O)COc2ccc3cc(-c4ccnnc4)ccc3c2)CC1. The molecule has 1 unspecified atom stereocenters. The molecule has 1 saturated heterocycles. The molecule has 30 heavy (non-hydrogen) atoms. The number of rotatable bonds is 6. The van der Waals surface area contributed by atoms with Crippen molar-refractivity contribution < 1.29 is 9.84 Å². The van der Waals surface area contributed by atoms with Crippen LogP contribution in [-0.2, 0) is 0 Å². The lowest BCUT2D eigenvalue weighted by Gasteiger charge is -2.35. The van der Waals surface area contributed by atoms with Gasteiger partial charge in [0.1, 0.15) is 18.5 Å². The number of aliphatic hydroxyl groups is 1. The van der Waals surface area contributed by atoms with E-state index in [9.17, 15) is 10.4 Å². The lowest BCUT2D eigenvalue weighted by atomic mass is 9.82. The number of piperidine rings is 1. The standard InChI is InChI=1S/C24H26N4O2/c1-24(17-25)7-10-28(11-8-24)15-22(29)16-30-23-5-4-18-12-19(2-3-20(18)13-23)21-6-9-26-27-14-21/h2-6,9,12-14,22,29H,7-8,10-11,15-16H2,1H3. The molecule has 2 aromatic carbocycles. The summed E-state index contributed by atoms with van der Waals surface area (Å²) in [6.45, 7) is 4.51. The number of nitriles is 1. The second-order valence-corrected chi connectivity index (χ2v) is 8.29. The predicted molar refractivity (Wildman–Crippen MR) is 116 cm³/mol. The molecule has 1 fully saturated rings. The summed E-state index contributed by atoms with van der Waals surface area (Å²) in [5.74, 6) is 0.746. The first-order chi connectivity index (χ1) is 14.5. The number of aromatic nitrogens is 2. The van der Waals surface area contributed by atoms with Crippen LogP contribution in [0, 0.1) is 16.7 Å². The van der Waals surface area contributed by atoms with Gasteiger partial charge in [0.25, 0.3) is 0 Å². The number of nitrogens with zero attached hydrogens (tertiary/aromatic N) is 4. The molecule has 1 N–H and O–H groups in total. The third-order valence-corrected chi connectivity index (χ3v) is 5.87. The van der Waals surface area contributed by atoms with Crippen LogP contribution in [0.1, 0.15) is 19.8 Å². The summed E-state index contributed by atoms with van der Waals surface area (Å²) >= 11 is 0. The van der Waals surface area contributed by atoms with Crippen LogP contribution in [-0.4, -0.2) is 52.5 Å². The maximum atomic E-state index is 10.4. The smallest absolute Gasteiger partial charge is 0.120 e. The highest BCUT2D eigenvalue weighted by Gasteiger charge is 2.30. The van der Waals surface area contributed by atoms with Crippen molar-refractivity contribution in [3.05, 3.63) is 54.9 Å². The molecule has 1 aliphatic rings. The second-order valence-electron chi connectivity index (χ2n) is 8.29. The summed E-state index contributed by atoms with van der Waals surface area (Å²) in [4.78, 5) is 2.21. The van der Waals surface area contributed by atoms with Gasteiger partial charge in [0.15, 0.2) is 0 Å². The molecule has 1 aliphatic heterocycles. The van der Waals surface area contributed by atoms with Gasteiger partial charge in [-0.3, -0.25) is 0 Å². The lowest BCUT2D eigenvalue weighted by Crippen LogP contribution is -2.43. The highest BCUT2D eigenvalue weighted by Crippen LogP contribution is 2.30. The number of hydrogen-bond donors (Lipinski definition) is 1. The average Bonchev–Trinajstić information content (AvgIpc) is 2.79. The minimum atomic E-state index is -0.561. The summed E-state index contributed by atoms with van der Waals surface area (Å²) in [5.41, 5.74) is 1.90. The monoisotopic (exact) mass is 402 g/mol. The van der Waals surface area contributed by atoms with E-state index in [0.29, 0.717) is 6.54 Å². The molecular formula is C24H26N4O2. The van der Waals surface area contributed by atoms with Crippen molar-refractivity contribution in [1.82, 2.24) is 15.1 Å². The van der Waals surface area contributed by atoms with Crippen LogP contribution in [0.5, 0.6) is 5.75 Å². The first-order valence-electron chi connectivity index (χ1n) is 10.3. The van der Waals surface area contributed by atoms with Crippen LogP contribution in [0.3, 0.4) is 0 Å². The zero-order valence-corrected chi connectivity index (χ0v) is 17.2. The molecule has 2 heterocycles. The predicted octanol–water partition coefficient (Wildman–Crippen LogP) is 3.66. The van der Waals surface area contributed by atoms with E-state index in [1.54, 1.807) is 12.4 Å². The van der Waals surface area contributed by atoms with Gasteiger partial charge in [-0.15, -0.1) is 0 Å². The molecule has 6 heteroatoms. The van der Waals surface area contributed by atoms with Crippen molar-refractivity contribution in [3.8, 4) is 22.9 Å². The van der Waals surface area contributed by atoms with Gasteiger partial charge in [-0.05, 0) is 73.5 Å². The zero-order valence-electron chi connectivity index (χ0n) is 17.2. The van der Waals surface area contributed by atoms with Gasteiger partial charge in [0, 0.05) is 12.1 Å². The Morgan fingerprint density at radius 2 is 1.87 bits per heavy atom. The van der Waals surface area contributed by atoms with Crippen molar-refractivity contribution in [2.45, 2.75) is 25.9 Å². The van der Waals surface area contributed by atoms with Gasteiger partial charge in [0.05, 0.1) is 23.9 Å². The van der Waals surface area contributed by atoms with E-state index in [0.717, 1.165) is 53.6 Å². The Morgan fingerprint density at radius 1 is 1.10 bits per heavy atom. The number of β-amino-alcohol motifs (C(OH)–C–C–N with tert-alkyl or cyclic N) is 1. The Hall–Kier alpha value is -3.01. The number of benzene rings is 2. The fourth-order valence-electron chi connectivity index (χ4n) is 3.84. The van der Waals surface area contributed by atoms with Gasteiger partial charge in [0.2, 0.25) is 0 Å². The molecule has 0 aliphatic carbocycles. The summed E-state index contributed by atoms with van der Waals surface area (Å²) in [7, 11) is 0. The van der Waals surface area contributed by atoms with E-state index in [-0.39, 0.29) is 12.0 Å². The van der Waals surface area contributed by atoms with E-state index < -0.39 is 6.10 Å². The minimum Gasteiger partial charge on any atom is -0.491 e. The normalized spacial score (nSPS) is 17.4. The Morgan fingerprint density at radius 3 is 2.60 bits per heavy atom. The Kier molecular flexibility index (Phi) is 5.93. The highest BCUT2D eigenvalue weighted by atomic mass is 16.5. The third kappa shape index (κ3) is 4.76. The van der Waals surface area contributed by atoms with Crippen molar-refractivity contribution in [2.75, 3.05) is 26.2 Å².